The first kappa shape index (κ1) is 18.7. The van der Waals surface area contributed by atoms with Crippen LogP contribution in [0.2, 0.25) is 5.02 Å². The minimum Gasteiger partial charge on any atom is -0.495 e. The fraction of sp³-hybridized carbons (Fsp3) is 0.167. The first-order valence-corrected chi connectivity index (χ1v) is 10.4. The zero-order chi connectivity index (χ0) is 18.9. The van der Waals surface area contributed by atoms with Crippen molar-refractivity contribution >= 4 is 38.6 Å². The molecule has 1 aromatic heterocycles. The molecule has 1 heterocycles. The van der Waals surface area contributed by atoms with Crippen LogP contribution in [0.4, 0.5) is 5.69 Å². The number of aryl methyl sites for hydroxylation is 2. The Morgan fingerprint density at radius 2 is 1.92 bits per heavy atom. The third-order valence-electron chi connectivity index (χ3n) is 3.74. The minimum atomic E-state index is -3.90. The third-order valence-corrected chi connectivity index (χ3v) is 6.21. The number of ether oxygens (including phenoxy) is 1. The van der Waals surface area contributed by atoms with Crippen LogP contribution < -0.4 is 9.46 Å². The zero-order valence-corrected chi connectivity index (χ0v) is 16.8. The summed E-state index contributed by atoms with van der Waals surface area (Å²) < 4.78 is 33.7. The normalized spacial score (nSPS) is 11.4. The number of rotatable bonds is 5. The first-order valence-electron chi connectivity index (χ1n) is 7.69. The fourth-order valence-electron chi connectivity index (χ4n) is 2.44. The van der Waals surface area contributed by atoms with Crippen molar-refractivity contribution in [2.45, 2.75) is 18.7 Å². The predicted molar refractivity (Wildman–Crippen MR) is 106 cm³/mol. The van der Waals surface area contributed by atoms with E-state index in [2.05, 4.69) is 9.71 Å². The van der Waals surface area contributed by atoms with Crippen LogP contribution in [0.25, 0.3) is 11.3 Å². The van der Waals surface area contributed by atoms with Crippen LogP contribution >= 0.6 is 22.9 Å². The fourth-order valence-corrected chi connectivity index (χ4v) is 4.68. The van der Waals surface area contributed by atoms with Gasteiger partial charge in [0.25, 0.3) is 10.0 Å². The largest absolute Gasteiger partial charge is 0.495 e. The number of halogens is 1. The predicted octanol–water partition coefficient (Wildman–Crippen LogP) is 4.89. The molecule has 1 N–H and O–H groups in total. The smallest absolute Gasteiger partial charge is 0.265 e. The number of nitrogens with one attached hydrogen (secondary N) is 1. The molecule has 0 aliphatic rings. The molecule has 8 heteroatoms. The van der Waals surface area contributed by atoms with Crippen molar-refractivity contribution in [2.75, 3.05) is 11.8 Å². The Hall–Kier alpha value is -2.09. The van der Waals surface area contributed by atoms with Crippen molar-refractivity contribution in [3.63, 3.8) is 0 Å². The molecule has 2 aromatic carbocycles. The Kier molecular flexibility index (Phi) is 5.22. The van der Waals surface area contributed by atoms with E-state index in [1.807, 2.05) is 19.2 Å². The summed E-state index contributed by atoms with van der Waals surface area (Å²) in [6.45, 7) is 3.78. The molecule has 0 radical (unpaired) electrons. The first-order chi connectivity index (χ1) is 12.3. The second-order valence-corrected chi connectivity index (χ2v) is 8.83. The monoisotopic (exact) mass is 408 g/mol. The molecule has 3 rings (SSSR count). The number of hydrogen-bond acceptors (Lipinski definition) is 5. The van der Waals surface area contributed by atoms with Crippen LogP contribution in [0.3, 0.4) is 0 Å². The lowest BCUT2D eigenvalue weighted by atomic mass is 10.2. The number of sulfonamides is 1. The van der Waals surface area contributed by atoms with Crippen molar-refractivity contribution in [1.29, 1.82) is 0 Å². The molecule has 0 unspecified atom stereocenters. The van der Waals surface area contributed by atoms with E-state index < -0.39 is 10.0 Å². The number of anilines is 1. The molecule has 0 atom stereocenters. The molecule has 0 spiro atoms. The number of aromatic nitrogens is 1. The van der Waals surface area contributed by atoms with Crippen LogP contribution in [0.1, 0.15) is 10.6 Å². The lowest BCUT2D eigenvalue weighted by Crippen LogP contribution is -2.14. The Bertz CT molecular complexity index is 1060. The van der Waals surface area contributed by atoms with Crippen LogP contribution in [-0.2, 0) is 10.0 Å². The van der Waals surface area contributed by atoms with E-state index in [0.29, 0.717) is 16.3 Å². The quantitative estimate of drug-likeness (QED) is 0.652. The van der Waals surface area contributed by atoms with E-state index in [1.165, 1.54) is 18.4 Å². The van der Waals surface area contributed by atoms with E-state index in [4.69, 9.17) is 16.3 Å². The molecule has 0 saturated carbocycles. The maximum Gasteiger partial charge on any atom is 0.265 e. The highest BCUT2D eigenvalue weighted by atomic mass is 35.5. The molecule has 136 valence electrons. The number of hydrogen-bond donors (Lipinski definition) is 1. The van der Waals surface area contributed by atoms with E-state index in [0.717, 1.165) is 16.3 Å². The van der Waals surface area contributed by atoms with Crippen LogP contribution in [0.15, 0.2) is 46.7 Å². The molecule has 0 aliphatic carbocycles. The van der Waals surface area contributed by atoms with Crippen molar-refractivity contribution < 1.29 is 13.2 Å². The van der Waals surface area contributed by atoms with Gasteiger partial charge in [-0.2, -0.15) is 0 Å². The van der Waals surface area contributed by atoms with Crippen LogP contribution in [0, 0.1) is 13.8 Å². The SMILES string of the molecule is COc1ccc(-c2csc(C)n2)cc1S(=O)(=O)Nc1ccc(C)cc1Cl. The summed E-state index contributed by atoms with van der Waals surface area (Å²) in [6.07, 6.45) is 0. The van der Waals surface area contributed by atoms with Gasteiger partial charge >= 0.3 is 0 Å². The molecule has 0 amide bonds. The number of benzene rings is 2. The second kappa shape index (κ2) is 7.26. The molecule has 3 aromatic rings. The standard InChI is InChI=1S/C18H17ClN2O3S2/c1-11-4-6-15(14(19)8-11)21-26(22,23)18-9-13(5-7-17(18)24-3)16-10-25-12(2)20-16/h4-10,21H,1-3H3. The van der Waals surface area contributed by atoms with Gasteiger partial charge in [-0.15, -0.1) is 11.3 Å². The Morgan fingerprint density at radius 3 is 2.54 bits per heavy atom. The summed E-state index contributed by atoms with van der Waals surface area (Å²) >= 11 is 7.66. The lowest BCUT2D eigenvalue weighted by molar-refractivity contribution is 0.403. The van der Waals surface area contributed by atoms with Gasteiger partial charge in [-0.05, 0) is 49.7 Å². The molecule has 5 nitrogen and oxygen atoms in total. The second-order valence-electron chi connectivity index (χ2n) is 5.71. The summed E-state index contributed by atoms with van der Waals surface area (Å²) in [7, 11) is -2.47. The molecule has 0 bridgehead atoms. The van der Waals surface area contributed by atoms with Crippen LogP contribution in [0.5, 0.6) is 5.75 Å². The van der Waals surface area contributed by atoms with Gasteiger partial charge in [0, 0.05) is 10.9 Å². The van der Waals surface area contributed by atoms with Gasteiger partial charge in [0.2, 0.25) is 0 Å². The van der Waals surface area contributed by atoms with Crippen molar-refractivity contribution in [2.24, 2.45) is 0 Å². The molecular weight excluding hydrogens is 392 g/mol. The average molecular weight is 409 g/mol. The minimum absolute atomic E-state index is 0.0276. The number of methoxy groups -OCH3 is 1. The number of nitrogens with zero attached hydrogens (tertiary/aromatic N) is 1. The van der Waals surface area contributed by atoms with Gasteiger partial charge in [-0.3, -0.25) is 4.72 Å². The maximum absolute atomic E-state index is 12.9. The van der Waals surface area contributed by atoms with E-state index in [9.17, 15) is 8.42 Å². The molecule has 0 saturated heterocycles. The molecule has 0 aliphatic heterocycles. The van der Waals surface area contributed by atoms with Crippen molar-refractivity contribution in [3.8, 4) is 17.0 Å². The van der Waals surface area contributed by atoms with Gasteiger partial charge in [0.15, 0.2) is 0 Å². The maximum atomic E-state index is 12.9. The van der Waals surface area contributed by atoms with Crippen LogP contribution in [-0.4, -0.2) is 20.5 Å². The summed E-state index contributed by atoms with van der Waals surface area (Å²) in [5.74, 6) is 0.247. The zero-order valence-electron chi connectivity index (χ0n) is 14.4. The molecular formula is C18H17ClN2O3S2. The van der Waals surface area contributed by atoms with Crippen molar-refractivity contribution in [3.05, 3.63) is 57.4 Å². The summed E-state index contributed by atoms with van der Waals surface area (Å²) in [5, 5.41) is 3.13. The lowest BCUT2D eigenvalue weighted by Gasteiger charge is -2.14. The topological polar surface area (TPSA) is 68.3 Å². The van der Waals surface area contributed by atoms with Gasteiger partial charge in [-0.25, -0.2) is 13.4 Å². The van der Waals surface area contributed by atoms with Gasteiger partial charge in [0.05, 0.1) is 28.5 Å². The van der Waals surface area contributed by atoms with E-state index >= 15 is 0 Å². The highest BCUT2D eigenvalue weighted by Crippen LogP contribution is 2.33. The average Bonchev–Trinajstić information content (AvgIpc) is 3.03. The summed E-state index contributed by atoms with van der Waals surface area (Å²) in [5.41, 5.74) is 2.68. The number of thiazole rings is 1. The van der Waals surface area contributed by atoms with Gasteiger partial charge < -0.3 is 4.74 Å². The van der Waals surface area contributed by atoms with Crippen molar-refractivity contribution in [1.82, 2.24) is 4.98 Å². The summed E-state index contributed by atoms with van der Waals surface area (Å²) in [6, 6.07) is 10.1. The highest BCUT2D eigenvalue weighted by molar-refractivity contribution is 7.92. The summed E-state index contributed by atoms with van der Waals surface area (Å²) in [4.78, 5) is 4.44. The highest BCUT2D eigenvalue weighted by Gasteiger charge is 2.22. The van der Waals surface area contributed by atoms with E-state index in [-0.39, 0.29) is 10.6 Å². The molecule has 26 heavy (non-hydrogen) atoms. The Balaban J connectivity index is 2.05. The van der Waals surface area contributed by atoms with Gasteiger partial charge in [-0.1, -0.05) is 17.7 Å². The van der Waals surface area contributed by atoms with E-state index in [1.54, 1.807) is 36.4 Å². The Morgan fingerprint density at radius 1 is 1.15 bits per heavy atom. The molecule has 0 fully saturated rings. The Labute approximate surface area is 161 Å². The van der Waals surface area contributed by atoms with Gasteiger partial charge in [0.1, 0.15) is 10.6 Å². The third kappa shape index (κ3) is 3.85.